The zero-order valence-corrected chi connectivity index (χ0v) is 31.9. The van der Waals surface area contributed by atoms with Crippen LogP contribution < -0.4 is 0 Å². The molecule has 4 nitrogen and oxygen atoms in total. The molecule has 3 fully saturated rings. The first-order chi connectivity index (χ1) is 27.3. The number of hydrogen-bond donors (Lipinski definition) is 0. The fourth-order valence-electron chi connectivity index (χ4n) is 12.6. The molecule has 4 atom stereocenters. The Bertz CT molecular complexity index is 3160. The zero-order chi connectivity index (χ0) is 37.1. The van der Waals surface area contributed by atoms with Crippen molar-refractivity contribution in [3.05, 3.63) is 150 Å². The molecule has 270 valence electrons. The number of rotatable bonds is 4. The van der Waals surface area contributed by atoms with E-state index in [1.807, 2.05) is 12.1 Å². The summed E-state index contributed by atoms with van der Waals surface area (Å²) in [5.74, 6) is 2.48. The molecule has 0 aliphatic heterocycles. The summed E-state index contributed by atoms with van der Waals surface area (Å²) in [5.41, 5.74) is 15.3. The highest BCUT2D eigenvalue weighted by atomic mass is 16.3. The molecule has 0 spiro atoms. The van der Waals surface area contributed by atoms with E-state index in [1.165, 1.54) is 64.3 Å². The first-order valence-corrected chi connectivity index (χ1v) is 20.4. The molecule has 56 heavy (non-hydrogen) atoms. The van der Waals surface area contributed by atoms with Crippen molar-refractivity contribution in [2.24, 2.45) is 17.3 Å². The summed E-state index contributed by atoms with van der Waals surface area (Å²) < 4.78 is 8.68. The van der Waals surface area contributed by atoms with E-state index in [2.05, 4.69) is 147 Å². The van der Waals surface area contributed by atoms with Crippen molar-refractivity contribution in [1.82, 2.24) is 14.5 Å². The zero-order valence-electron chi connectivity index (χ0n) is 31.9. The average molecular weight is 724 g/mol. The maximum atomic E-state index is 6.38. The molecule has 0 saturated heterocycles. The second-order valence-electron chi connectivity index (χ2n) is 18.0. The molecule has 6 aromatic carbocycles. The first-order valence-electron chi connectivity index (χ1n) is 20.4. The van der Waals surface area contributed by atoms with Gasteiger partial charge in [0.05, 0.1) is 22.4 Å². The largest absolute Gasteiger partial charge is 0.456 e. The Hall–Kier alpha value is -6.00. The Labute approximate surface area is 325 Å². The van der Waals surface area contributed by atoms with Gasteiger partial charge in [-0.25, -0.2) is 9.97 Å². The topological polar surface area (TPSA) is 43.9 Å². The second-order valence-corrected chi connectivity index (χ2v) is 18.0. The number of nitrogens with zero attached hydrogens (tertiary/aromatic N) is 3. The maximum Gasteiger partial charge on any atom is 0.235 e. The van der Waals surface area contributed by atoms with Crippen molar-refractivity contribution in [2.45, 2.75) is 57.3 Å². The molecular formula is C52H41N3O. The van der Waals surface area contributed by atoms with Gasteiger partial charge in [0.2, 0.25) is 5.95 Å². The monoisotopic (exact) mass is 723 g/mol. The van der Waals surface area contributed by atoms with Crippen molar-refractivity contribution in [2.75, 3.05) is 0 Å². The second kappa shape index (κ2) is 10.4. The highest BCUT2D eigenvalue weighted by Crippen LogP contribution is 2.81. The summed E-state index contributed by atoms with van der Waals surface area (Å²) in [6.45, 7) is 7.30. The van der Waals surface area contributed by atoms with Crippen LogP contribution in [0.1, 0.15) is 63.1 Å². The predicted octanol–water partition coefficient (Wildman–Crippen LogP) is 13.2. The van der Waals surface area contributed by atoms with E-state index in [0.29, 0.717) is 16.8 Å². The number of aromatic nitrogens is 3. The minimum absolute atomic E-state index is 0.252. The van der Waals surface area contributed by atoms with Crippen LogP contribution in [0.5, 0.6) is 0 Å². The number of para-hydroxylation sites is 2. The molecule has 9 aromatic rings. The van der Waals surface area contributed by atoms with Crippen LogP contribution in [0.2, 0.25) is 0 Å². The molecule has 13 rings (SSSR count). The van der Waals surface area contributed by atoms with E-state index in [1.54, 1.807) is 0 Å². The van der Waals surface area contributed by atoms with Crippen LogP contribution in [0.3, 0.4) is 0 Å². The molecule has 3 aromatic heterocycles. The van der Waals surface area contributed by atoms with Gasteiger partial charge >= 0.3 is 0 Å². The smallest absolute Gasteiger partial charge is 0.235 e. The fraction of sp³-hybridized carbons (Fsp3) is 0.231. The number of fused-ring (bicyclic) bond motifs is 9. The quantitative estimate of drug-likeness (QED) is 0.182. The Kier molecular flexibility index (Phi) is 5.82. The fourth-order valence-corrected chi connectivity index (χ4v) is 12.6. The Morgan fingerprint density at radius 3 is 2.16 bits per heavy atom. The van der Waals surface area contributed by atoms with Crippen LogP contribution in [0.15, 0.2) is 138 Å². The minimum atomic E-state index is -0.252. The summed E-state index contributed by atoms with van der Waals surface area (Å²) in [6, 6.07) is 48.7. The third-order valence-electron chi connectivity index (χ3n) is 15.4. The van der Waals surface area contributed by atoms with Gasteiger partial charge in [-0.1, -0.05) is 118 Å². The van der Waals surface area contributed by atoms with Crippen molar-refractivity contribution in [1.29, 1.82) is 0 Å². The van der Waals surface area contributed by atoms with Gasteiger partial charge in [0.15, 0.2) is 0 Å². The highest BCUT2D eigenvalue weighted by Gasteiger charge is 2.75. The third kappa shape index (κ3) is 3.67. The third-order valence-corrected chi connectivity index (χ3v) is 15.4. The maximum absolute atomic E-state index is 6.38. The van der Waals surface area contributed by atoms with Gasteiger partial charge in [-0.2, -0.15) is 0 Å². The van der Waals surface area contributed by atoms with Crippen molar-refractivity contribution in [3.63, 3.8) is 0 Å². The van der Waals surface area contributed by atoms with E-state index in [-0.39, 0.29) is 5.41 Å². The molecule has 0 radical (unpaired) electrons. The lowest BCUT2D eigenvalue weighted by Crippen LogP contribution is -2.68. The van der Waals surface area contributed by atoms with E-state index >= 15 is 0 Å². The first kappa shape index (κ1) is 31.2. The SMILES string of the molecule is CC1(C)c2ccccc2-c2nc(-n3c4ccccc4c4c(-c5ccc6c(c5)oc5ccccc56)cccc43)nc(-c3cccc(C45CC6CC[C@H](C4)C65C)c3)c21. The van der Waals surface area contributed by atoms with Gasteiger partial charge in [-0.3, -0.25) is 4.57 Å². The van der Waals surface area contributed by atoms with Gasteiger partial charge in [0.25, 0.3) is 0 Å². The number of benzene rings is 6. The van der Waals surface area contributed by atoms with Gasteiger partial charge in [0, 0.05) is 49.1 Å². The summed E-state index contributed by atoms with van der Waals surface area (Å²) in [6.07, 6.45) is 5.49. The Morgan fingerprint density at radius 1 is 0.589 bits per heavy atom. The van der Waals surface area contributed by atoms with Gasteiger partial charge < -0.3 is 4.42 Å². The minimum Gasteiger partial charge on any atom is -0.456 e. The van der Waals surface area contributed by atoms with Crippen LogP contribution in [0.25, 0.3) is 83.3 Å². The van der Waals surface area contributed by atoms with E-state index in [0.717, 1.165) is 67.3 Å². The predicted molar refractivity (Wildman–Crippen MR) is 227 cm³/mol. The summed E-state index contributed by atoms with van der Waals surface area (Å²) in [4.78, 5) is 11.3. The lowest BCUT2D eigenvalue weighted by molar-refractivity contribution is -0.176. The lowest BCUT2D eigenvalue weighted by Gasteiger charge is -2.72. The standard InChI is InChI=1S/C52H41N3O/c1-50(2)40-18-7-4-15-38(40)48-46(50)47(31-12-10-13-32(26-31)52-28-33-23-24-34(29-52)51(33,52)3)53-49(54-48)55-41-19-8-5-16-39(41)45-35(17-11-20-42(45)55)30-22-25-37-36-14-6-9-21-43(36)56-44(37)27-30/h4-22,25-27,33-34H,23-24,28-29H2,1-3H3/t33-,34?,51?,52?/m1/s1. The van der Waals surface area contributed by atoms with E-state index in [9.17, 15) is 0 Å². The molecular weight excluding hydrogens is 683 g/mol. The lowest BCUT2D eigenvalue weighted by atomic mass is 9.31. The Balaban J connectivity index is 1.05. The van der Waals surface area contributed by atoms with Crippen LogP contribution in [0, 0.1) is 17.3 Å². The number of hydrogen-bond acceptors (Lipinski definition) is 3. The Morgan fingerprint density at radius 2 is 1.29 bits per heavy atom. The molecule has 3 heterocycles. The van der Waals surface area contributed by atoms with Crippen LogP contribution in [0.4, 0.5) is 0 Å². The van der Waals surface area contributed by atoms with Gasteiger partial charge in [0.1, 0.15) is 11.2 Å². The van der Waals surface area contributed by atoms with Crippen LogP contribution in [-0.2, 0) is 10.8 Å². The molecule has 0 bridgehead atoms. The summed E-state index contributed by atoms with van der Waals surface area (Å²) in [7, 11) is 0. The van der Waals surface area contributed by atoms with Gasteiger partial charge in [-0.05, 0) is 102 Å². The molecule has 0 N–H and O–H groups in total. The molecule has 3 unspecified atom stereocenters. The van der Waals surface area contributed by atoms with E-state index in [4.69, 9.17) is 14.4 Å². The molecule has 4 aliphatic carbocycles. The molecule has 0 amide bonds. The van der Waals surface area contributed by atoms with E-state index < -0.39 is 0 Å². The number of furan rings is 1. The van der Waals surface area contributed by atoms with Crippen LogP contribution in [-0.4, -0.2) is 14.5 Å². The normalized spacial score (nSPS) is 24.0. The summed E-state index contributed by atoms with van der Waals surface area (Å²) >= 11 is 0. The van der Waals surface area contributed by atoms with Crippen LogP contribution >= 0.6 is 0 Å². The highest BCUT2D eigenvalue weighted by molar-refractivity contribution is 6.16. The molecule has 4 aliphatic rings. The summed E-state index contributed by atoms with van der Waals surface area (Å²) in [5, 5.41) is 4.65. The van der Waals surface area contributed by atoms with Crippen molar-refractivity contribution >= 4 is 43.7 Å². The molecule has 4 heteroatoms. The van der Waals surface area contributed by atoms with Gasteiger partial charge in [-0.15, -0.1) is 0 Å². The molecule has 3 saturated carbocycles. The van der Waals surface area contributed by atoms with Crippen molar-refractivity contribution in [3.8, 4) is 39.6 Å². The van der Waals surface area contributed by atoms with Crippen molar-refractivity contribution < 1.29 is 4.42 Å². The average Bonchev–Trinajstić information content (AvgIpc) is 3.83.